The zero-order valence-electron chi connectivity index (χ0n) is 9.65. The molecule has 4 nitrogen and oxygen atoms in total. The Morgan fingerprint density at radius 1 is 1.32 bits per heavy atom. The van der Waals surface area contributed by atoms with Crippen molar-refractivity contribution < 1.29 is 13.2 Å². The molecule has 0 amide bonds. The number of rotatable bonds is 3. The third-order valence-corrected chi connectivity index (χ3v) is 2.69. The number of halogens is 4. The molecule has 0 aliphatic carbocycles. The lowest BCUT2D eigenvalue weighted by Crippen LogP contribution is -2.11. The van der Waals surface area contributed by atoms with Crippen LogP contribution in [0.5, 0.6) is 0 Å². The predicted octanol–water partition coefficient (Wildman–Crippen LogP) is 2.44. The second-order valence-electron chi connectivity index (χ2n) is 3.85. The van der Waals surface area contributed by atoms with Gasteiger partial charge in [-0.1, -0.05) is 16.8 Å². The minimum atomic E-state index is -4.51. The third-order valence-electron chi connectivity index (χ3n) is 2.45. The first kappa shape index (κ1) is 13.8. The van der Waals surface area contributed by atoms with Crippen LogP contribution in [0, 0.1) is 0 Å². The minimum Gasteiger partial charge on any atom is -0.330 e. The topological polar surface area (TPSA) is 56.7 Å². The van der Waals surface area contributed by atoms with Crippen LogP contribution in [0.3, 0.4) is 0 Å². The molecule has 0 atom stereocenters. The van der Waals surface area contributed by atoms with Crippen molar-refractivity contribution in [2.45, 2.75) is 12.6 Å². The molecule has 1 aromatic carbocycles. The molecule has 1 heterocycles. The van der Waals surface area contributed by atoms with Gasteiger partial charge in [-0.3, -0.25) is 0 Å². The Morgan fingerprint density at radius 3 is 2.68 bits per heavy atom. The lowest BCUT2D eigenvalue weighted by atomic mass is 10.1. The fraction of sp³-hybridized carbons (Fsp3) is 0.273. The Labute approximate surface area is 112 Å². The maximum absolute atomic E-state index is 12.9. The summed E-state index contributed by atoms with van der Waals surface area (Å²) in [5.41, 5.74) is 4.91. The molecule has 0 fully saturated rings. The molecule has 2 rings (SSSR count). The molecule has 8 heteroatoms. The summed E-state index contributed by atoms with van der Waals surface area (Å²) in [6.07, 6.45) is -2.64. The number of benzene rings is 1. The Hall–Kier alpha value is -1.60. The summed E-state index contributed by atoms with van der Waals surface area (Å²) in [6, 6.07) is 3.49. The molecule has 1 aromatic heterocycles. The van der Waals surface area contributed by atoms with Gasteiger partial charge >= 0.3 is 6.18 Å². The fourth-order valence-electron chi connectivity index (χ4n) is 1.61. The van der Waals surface area contributed by atoms with Crippen molar-refractivity contribution in [2.24, 2.45) is 5.73 Å². The predicted molar refractivity (Wildman–Crippen MR) is 64.1 cm³/mol. The van der Waals surface area contributed by atoms with Crippen LogP contribution in [0.2, 0.25) is 5.02 Å². The van der Waals surface area contributed by atoms with Gasteiger partial charge in [-0.25, -0.2) is 4.68 Å². The second kappa shape index (κ2) is 5.18. The number of aromatic nitrogens is 3. The molecule has 0 spiro atoms. The first-order chi connectivity index (χ1) is 8.91. The molecule has 0 saturated heterocycles. The van der Waals surface area contributed by atoms with Crippen molar-refractivity contribution in [3.8, 4) is 5.69 Å². The van der Waals surface area contributed by atoms with Crippen LogP contribution >= 0.6 is 11.6 Å². The zero-order chi connectivity index (χ0) is 14.0. The SMILES string of the molecule is NCCc1cn(-c2ccc(Cl)cc2C(F)(F)F)nn1. The van der Waals surface area contributed by atoms with E-state index in [0.717, 1.165) is 10.7 Å². The van der Waals surface area contributed by atoms with Crippen LogP contribution in [-0.2, 0) is 12.6 Å². The van der Waals surface area contributed by atoms with Gasteiger partial charge in [-0.2, -0.15) is 13.2 Å². The average molecular weight is 291 g/mol. The van der Waals surface area contributed by atoms with Crippen LogP contribution in [-0.4, -0.2) is 21.5 Å². The van der Waals surface area contributed by atoms with Gasteiger partial charge in [0.1, 0.15) is 0 Å². The second-order valence-corrected chi connectivity index (χ2v) is 4.29. The summed E-state index contributed by atoms with van der Waals surface area (Å²) >= 11 is 5.60. The van der Waals surface area contributed by atoms with Crippen molar-refractivity contribution in [3.63, 3.8) is 0 Å². The molecule has 0 aliphatic rings. The quantitative estimate of drug-likeness (QED) is 0.944. The fourth-order valence-corrected chi connectivity index (χ4v) is 1.79. The van der Waals surface area contributed by atoms with E-state index >= 15 is 0 Å². The van der Waals surface area contributed by atoms with Crippen molar-refractivity contribution in [2.75, 3.05) is 6.54 Å². The van der Waals surface area contributed by atoms with Crippen LogP contribution in [0.15, 0.2) is 24.4 Å². The molecule has 2 aromatic rings. The highest BCUT2D eigenvalue weighted by molar-refractivity contribution is 6.30. The average Bonchev–Trinajstić information content (AvgIpc) is 2.77. The highest BCUT2D eigenvalue weighted by Gasteiger charge is 2.34. The van der Waals surface area contributed by atoms with Gasteiger partial charge in [0.15, 0.2) is 0 Å². The number of hydrogen-bond donors (Lipinski definition) is 1. The highest BCUT2D eigenvalue weighted by Crippen LogP contribution is 2.35. The number of alkyl halides is 3. The van der Waals surface area contributed by atoms with Gasteiger partial charge < -0.3 is 5.73 Å². The first-order valence-electron chi connectivity index (χ1n) is 5.40. The molecule has 19 heavy (non-hydrogen) atoms. The van der Waals surface area contributed by atoms with E-state index in [2.05, 4.69) is 10.3 Å². The summed E-state index contributed by atoms with van der Waals surface area (Å²) in [7, 11) is 0. The van der Waals surface area contributed by atoms with Gasteiger partial charge in [0.2, 0.25) is 0 Å². The molecule has 0 bridgehead atoms. The number of hydrogen-bond acceptors (Lipinski definition) is 3. The Bertz CT molecular complexity index is 580. The van der Waals surface area contributed by atoms with E-state index in [9.17, 15) is 13.2 Å². The van der Waals surface area contributed by atoms with E-state index in [-0.39, 0.29) is 10.7 Å². The van der Waals surface area contributed by atoms with Gasteiger partial charge in [0, 0.05) is 11.4 Å². The highest BCUT2D eigenvalue weighted by atomic mass is 35.5. The minimum absolute atomic E-state index is 0.0124. The molecule has 0 radical (unpaired) electrons. The summed E-state index contributed by atoms with van der Waals surface area (Å²) < 4.78 is 39.9. The smallest absolute Gasteiger partial charge is 0.330 e. The van der Waals surface area contributed by atoms with Gasteiger partial charge in [-0.15, -0.1) is 5.10 Å². The molecule has 102 valence electrons. The molecular weight excluding hydrogens is 281 g/mol. The lowest BCUT2D eigenvalue weighted by Gasteiger charge is -2.12. The molecule has 0 unspecified atom stereocenters. The standard InChI is InChI=1S/C11H10ClF3N4/c12-7-1-2-10(9(5-7)11(13,14)15)19-6-8(3-4-16)17-18-19/h1-2,5-6H,3-4,16H2. The maximum Gasteiger partial charge on any atom is 0.418 e. The summed E-state index contributed by atoms with van der Waals surface area (Å²) in [5.74, 6) is 0. The Balaban J connectivity index is 2.48. The van der Waals surface area contributed by atoms with E-state index in [1.165, 1.54) is 18.3 Å². The molecule has 0 aliphatic heterocycles. The summed E-state index contributed by atoms with van der Waals surface area (Å²) in [6.45, 7) is 0.353. The Morgan fingerprint density at radius 2 is 2.05 bits per heavy atom. The van der Waals surface area contributed by atoms with Crippen molar-refractivity contribution in [1.29, 1.82) is 0 Å². The largest absolute Gasteiger partial charge is 0.418 e. The monoisotopic (exact) mass is 290 g/mol. The van der Waals surface area contributed by atoms with E-state index in [4.69, 9.17) is 17.3 Å². The normalized spacial score (nSPS) is 11.8. The molecule has 0 saturated carbocycles. The van der Waals surface area contributed by atoms with Crippen molar-refractivity contribution in [1.82, 2.24) is 15.0 Å². The van der Waals surface area contributed by atoms with Crippen molar-refractivity contribution >= 4 is 11.6 Å². The van der Waals surface area contributed by atoms with Crippen LogP contribution < -0.4 is 5.73 Å². The molecule has 2 N–H and O–H groups in total. The van der Waals surface area contributed by atoms with E-state index in [0.29, 0.717) is 18.7 Å². The van der Waals surface area contributed by atoms with Crippen LogP contribution in [0.25, 0.3) is 5.69 Å². The summed E-state index contributed by atoms with van der Waals surface area (Å²) in [4.78, 5) is 0. The Kier molecular flexibility index (Phi) is 3.77. The first-order valence-corrected chi connectivity index (χ1v) is 5.78. The van der Waals surface area contributed by atoms with Crippen LogP contribution in [0.4, 0.5) is 13.2 Å². The van der Waals surface area contributed by atoms with Crippen molar-refractivity contribution in [3.05, 3.63) is 40.7 Å². The van der Waals surface area contributed by atoms with Crippen LogP contribution in [0.1, 0.15) is 11.3 Å². The summed E-state index contributed by atoms with van der Waals surface area (Å²) in [5, 5.41) is 7.45. The lowest BCUT2D eigenvalue weighted by molar-refractivity contribution is -0.137. The number of nitrogens with two attached hydrogens (primary N) is 1. The van der Waals surface area contributed by atoms with Gasteiger partial charge in [-0.05, 0) is 24.7 Å². The number of nitrogens with zero attached hydrogens (tertiary/aromatic N) is 3. The van der Waals surface area contributed by atoms with Gasteiger partial charge in [0.05, 0.1) is 23.1 Å². The molecular formula is C11H10ClF3N4. The third kappa shape index (κ3) is 3.05. The van der Waals surface area contributed by atoms with E-state index in [1.807, 2.05) is 0 Å². The van der Waals surface area contributed by atoms with E-state index in [1.54, 1.807) is 0 Å². The zero-order valence-corrected chi connectivity index (χ0v) is 10.4. The van der Waals surface area contributed by atoms with Gasteiger partial charge in [0.25, 0.3) is 0 Å². The maximum atomic E-state index is 12.9. The van der Waals surface area contributed by atoms with E-state index < -0.39 is 11.7 Å².